The largest absolute Gasteiger partial charge is 0.495 e. The molecular weight excluding hydrogens is 392 g/mol. The van der Waals surface area contributed by atoms with Crippen LogP contribution in [0.3, 0.4) is 0 Å². The number of likely N-dealkylation sites (tertiary alicyclic amines) is 1. The Kier molecular flexibility index (Phi) is 5.66. The van der Waals surface area contributed by atoms with Gasteiger partial charge in [0.2, 0.25) is 21.8 Å². The number of piperidine rings is 1. The van der Waals surface area contributed by atoms with Crippen LogP contribution in [0, 0.1) is 11.8 Å². The van der Waals surface area contributed by atoms with E-state index in [-0.39, 0.29) is 40.8 Å². The summed E-state index contributed by atoms with van der Waals surface area (Å²) < 4.78 is 33.2. The molecule has 0 aromatic heterocycles. The Morgan fingerprint density at radius 3 is 2.17 bits per heavy atom. The van der Waals surface area contributed by atoms with Gasteiger partial charge in [-0.2, -0.15) is 4.31 Å². The minimum atomic E-state index is -3.69. The lowest BCUT2D eigenvalue weighted by molar-refractivity contribution is -0.140. The van der Waals surface area contributed by atoms with Crippen LogP contribution in [-0.2, 0) is 26.2 Å². The molecule has 4 rings (SSSR count). The normalized spacial score (nSPS) is 25.9. The molecule has 0 radical (unpaired) electrons. The van der Waals surface area contributed by atoms with E-state index in [1.165, 1.54) is 16.3 Å². The number of rotatable bonds is 5. The second kappa shape index (κ2) is 8.07. The number of hydrogen-bond donors (Lipinski definition) is 0. The van der Waals surface area contributed by atoms with Crippen molar-refractivity contribution in [1.82, 2.24) is 9.21 Å². The summed E-state index contributed by atoms with van der Waals surface area (Å²) in [5.74, 6) is -0.351. The van der Waals surface area contributed by atoms with Crippen molar-refractivity contribution in [3.63, 3.8) is 0 Å². The monoisotopic (exact) mass is 420 g/mol. The molecule has 0 spiro atoms. The van der Waals surface area contributed by atoms with Crippen molar-refractivity contribution in [1.29, 1.82) is 0 Å². The molecule has 1 saturated carbocycles. The van der Waals surface area contributed by atoms with Gasteiger partial charge in [-0.1, -0.05) is 25.3 Å². The predicted octanol–water partition coefficient (Wildman–Crippen LogP) is 2.55. The van der Waals surface area contributed by atoms with E-state index in [2.05, 4.69) is 0 Å². The average Bonchev–Trinajstić information content (AvgIpc) is 2.99. The maximum absolute atomic E-state index is 13.2. The molecule has 3 fully saturated rings. The fourth-order valence-corrected chi connectivity index (χ4v) is 6.56. The van der Waals surface area contributed by atoms with Gasteiger partial charge in [0, 0.05) is 13.1 Å². The van der Waals surface area contributed by atoms with Gasteiger partial charge in [-0.3, -0.25) is 14.5 Å². The predicted molar refractivity (Wildman–Crippen MR) is 107 cm³/mol. The highest BCUT2D eigenvalue weighted by molar-refractivity contribution is 7.89. The first kappa shape index (κ1) is 20.3. The number of ether oxygens (including phenoxy) is 1. The van der Waals surface area contributed by atoms with Gasteiger partial charge in [-0.25, -0.2) is 8.42 Å². The molecule has 2 saturated heterocycles. The molecule has 158 valence electrons. The van der Waals surface area contributed by atoms with E-state index in [1.54, 1.807) is 18.2 Å². The number of imide groups is 1. The van der Waals surface area contributed by atoms with Crippen LogP contribution in [-0.4, -0.2) is 49.6 Å². The number of carbonyl (C=O) groups is 2. The number of benzene rings is 1. The van der Waals surface area contributed by atoms with Crippen molar-refractivity contribution in [2.24, 2.45) is 11.8 Å². The van der Waals surface area contributed by atoms with E-state index in [9.17, 15) is 18.0 Å². The second-order valence-electron chi connectivity index (χ2n) is 8.21. The Morgan fingerprint density at radius 2 is 1.59 bits per heavy atom. The summed E-state index contributed by atoms with van der Waals surface area (Å²) >= 11 is 0. The Labute approximate surface area is 172 Å². The molecule has 8 heteroatoms. The van der Waals surface area contributed by atoms with Gasteiger partial charge in [0.1, 0.15) is 10.6 Å². The first-order valence-electron chi connectivity index (χ1n) is 10.5. The minimum absolute atomic E-state index is 0.107. The van der Waals surface area contributed by atoms with Crippen LogP contribution in [0.4, 0.5) is 0 Å². The van der Waals surface area contributed by atoms with Crippen molar-refractivity contribution in [2.75, 3.05) is 20.2 Å². The third kappa shape index (κ3) is 3.68. The smallest absolute Gasteiger partial charge is 0.246 e. The molecule has 0 bridgehead atoms. The lowest BCUT2D eigenvalue weighted by atomic mass is 9.81. The number of fused-ring (bicyclic) bond motifs is 1. The van der Waals surface area contributed by atoms with Crippen LogP contribution >= 0.6 is 0 Å². The highest BCUT2D eigenvalue weighted by Gasteiger charge is 2.48. The molecule has 2 unspecified atom stereocenters. The average molecular weight is 421 g/mol. The minimum Gasteiger partial charge on any atom is -0.495 e. The first-order valence-corrected chi connectivity index (χ1v) is 11.9. The molecule has 2 heterocycles. The molecule has 7 nitrogen and oxygen atoms in total. The third-order valence-corrected chi connectivity index (χ3v) is 8.35. The van der Waals surface area contributed by atoms with Crippen molar-refractivity contribution >= 4 is 21.8 Å². The zero-order chi connectivity index (χ0) is 20.6. The number of nitrogens with zero attached hydrogens (tertiary/aromatic N) is 2. The van der Waals surface area contributed by atoms with Crippen molar-refractivity contribution in [3.05, 3.63) is 23.8 Å². The van der Waals surface area contributed by atoms with E-state index in [0.717, 1.165) is 44.9 Å². The topological polar surface area (TPSA) is 84.0 Å². The molecule has 0 N–H and O–H groups in total. The summed E-state index contributed by atoms with van der Waals surface area (Å²) in [6.07, 6.45) is 6.22. The summed E-state index contributed by atoms with van der Waals surface area (Å²) in [7, 11) is -2.24. The van der Waals surface area contributed by atoms with Crippen LogP contribution in [0.15, 0.2) is 23.1 Å². The fourth-order valence-electron chi connectivity index (χ4n) is 4.83. The molecular formula is C21H28N2O5S. The molecule has 1 aliphatic carbocycles. The van der Waals surface area contributed by atoms with Crippen LogP contribution in [0.5, 0.6) is 5.75 Å². The van der Waals surface area contributed by atoms with Gasteiger partial charge in [0.25, 0.3) is 0 Å². The first-order chi connectivity index (χ1) is 13.9. The molecule has 1 aromatic carbocycles. The SMILES string of the molecule is COc1ccc(CN2C(=O)C3CCCCC3C2=O)cc1S(=O)(=O)N1CCCCC1. The zero-order valence-electron chi connectivity index (χ0n) is 16.8. The molecule has 2 atom stereocenters. The van der Waals surface area contributed by atoms with E-state index < -0.39 is 10.0 Å². The van der Waals surface area contributed by atoms with Gasteiger partial charge >= 0.3 is 0 Å². The lowest BCUT2D eigenvalue weighted by Crippen LogP contribution is -2.36. The summed E-state index contributed by atoms with van der Waals surface area (Å²) in [6.45, 7) is 1.11. The summed E-state index contributed by atoms with van der Waals surface area (Å²) in [5, 5.41) is 0. The van der Waals surface area contributed by atoms with Crippen LogP contribution < -0.4 is 4.74 Å². The standard InChI is InChI=1S/C21H28N2O5S/c1-28-18-10-9-15(13-19(18)29(26,27)22-11-5-2-6-12-22)14-23-20(24)16-7-3-4-8-17(16)21(23)25/h9-10,13,16-17H,2-8,11-12,14H2,1H3. The molecule has 3 aliphatic rings. The van der Waals surface area contributed by atoms with E-state index in [0.29, 0.717) is 18.7 Å². The number of sulfonamides is 1. The van der Waals surface area contributed by atoms with E-state index in [1.807, 2.05) is 0 Å². The maximum Gasteiger partial charge on any atom is 0.246 e. The van der Waals surface area contributed by atoms with E-state index >= 15 is 0 Å². The molecule has 2 amide bonds. The number of hydrogen-bond acceptors (Lipinski definition) is 5. The van der Waals surface area contributed by atoms with Crippen LogP contribution in [0.25, 0.3) is 0 Å². The molecule has 1 aromatic rings. The maximum atomic E-state index is 13.2. The summed E-state index contributed by atoms with van der Waals surface area (Å²) in [5.41, 5.74) is 0.627. The highest BCUT2D eigenvalue weighted by atomic mass is 32.2. The van der Waals surface area contributed by atoms with Crippen molar-refractivity contribution < 1.29 is 22.7 Å². The van der Waals surface area contributed by atoms with Gasteiger partial charge in [0.05, 0.1) is 25.5 Å². The highest BCUT2D eigenvalue weighted by Crippen LogP contribution is 2.39. The van der Waals surface area contributed by atoms with Crippen LogP contribution in [0.1, 0.15) is 50.5 Å². The zero-order valence-corrected chi connectivity index (χ0v) is 17.6. The van der Waals surface area contributed by atoms with Gasteiger partial charge in [0.15, 0.2) is 0 Å². The summed E-state index contributed by atoms with van der Waals surface area (Å²) in [6, 6.07) is 4.91. The fraction of sp³-hybridized carbons (Fsp3) is 0.619. The quantitative estimate of drug-likeness (QED) is 0.684. The van der Waals surface area contributed by atoms with Crippen molar-refractivity contribution in [2.45, 2.75) is 56.4 Å². The lowest BCUT2D eigenvalue weighted by Gasteiger charge is -2.27. The van der Waals surface area contributed by atoms with Crippen LogP contribution in [0.2, 0.25) is 0 Å². The Morgan fingerprint density at radius 1 is 0.966 bits per heavy atom. The Hall–Kier alpha value is -1.93. The van der Waals surface area contributed by atoms with Crippen molar-refractivity contribution in [3.8, 4) is 5.75 Å². The number of amides is 2. The van der Waals surface area contributed by atoms with Gasteiger partial charge in [-0.05, 0) is 43.4 Å². The molecule has 29 heavy (non-hydrogen) atoms. The Balaban J connectivity index is 1.62. The van der Waals surface area contributed by atoms with Gasteiger partial charge < -0.3 is 4.74 Å². The number of methoxy groups -OCH3 is 1. The Bertz CT molecular complexity index is 884. The van der Waals surface area contributed by atoms with Gasteiger partial charge in [-0.15, -0.1) is 0 Å². The second-order valence-corrected chi connectivity index (χ2v) is 10.1. The third-order valence-electron chi connectivity index (χ3n) is 6.43. The summed E-state index contributed by atoms with van der Waals surface area (Å²) in [4.78, 5) is 26.9. The molecule has 2 aliphatic heterocycles. The van der Waals surface area contributed by atoms with E-state index in [4.69, 9.17) is 4.74 Å². The number of carbonyl (C=O) groups excluding carboxylic acids is 2.